The Kier molecular flexibility index (Phi) is 5.05. The van der Waals surface area contributed by atoms with Crippen LogP contribution in [0, 0.1) is 11.3 Å². The quantitative estimate of drug-likeness (QED) is 0.361. The third kappa shape index (κ3) is 3.46. The first kappa shape index (κ1) is 17.8. The van der Waals surface area contributed by atoms with Crippen LogP contribution in [-0.2, 0) is 0 Å². The van der Waals surface area contributed by atoms with E-state index in [4.69, 9.17) is 16.0 Å². The average Bonchev–Trinajstić information content (AvgIpc) is 3.13. The highest BCUT2D eigenvalue weighted by Gasteiger charge is 2.22. The van der Waals surface area contributed by atoms with Crippen molar-refractivity contribution in [3.8, 4) is 28.5 Å². The zero-order chi connectivity index (χ0) is 19.3. The summed E-state index contributed by atoms with van der Waals surface area (Å²) in [7, 11) is 0. The normalized spacial score (nSPS) is 10.9. The number of furan rings is 1. The van der Waals surface area contributed by atoms with Gasteiger partial charge in [0.15, 0.2) is 0 Å². The molecule has 3 nitrogen and oxygen atoms in total. The lowest BCUT2D eigenvalue weighted by Gasteiger charge is -2.03. The first-order valence-electron chi connectivity index (χ1n) is 8.74. The van der Waals surface area contributed by atoms with Gasteiger partial charge in [-0.3, -0.25) is 0 Å². The molecule has 0 aliphatic rings. The van der Waals surface area contributed by atoms with Crippen LogP contribution in [0.2, 0.25) is 5.02 Å². The van der Waals surface area contributed by atoms with Crippen molar-refractivity contribution in [2.24, 2.45) is 4.99 Å². The molecule has 0 fully saturated rings. The fraction of sp³-hybridized carbons (Fsp3) is 0. The van der Waals surface area contributed by atoms with Crippen molar-refractivity contribution in [1.29, 1.82) is 5.26 Å². The second-order valence-electron chi connectivity index (χ2n) is 6.11. The van der Waals surface area contributed by atoms with Crippen molar-refractivity contribution in [2.75, 3.05) is 0 Å². The fourth-order valence-electron chi connectivity index (χ4n) is 2.99. The molecule has 0 amide bonds. The van der Waals surface area contributed by atoms with Crippen molar-refractivity contribution < 1.29 is 4.42 Å². The molecule has 0 bridgehead atoms. The highest BCUT2D eigenvalue weighted by Crippen LogP contribution is 2.42. The van der Waals surface area contributed by atoms with E-state index in [1.807, 2.05) is 78.9 Å². The van der Waals surface area contributed by atoms with Crippen molar-refractivity contribution in [1.82, 2.24) is 0 Å². The molecule has 0 saturated carbocycles. The lowest BCUT2D eigenvalue weighted by atomic mass is 9.98. The average molecular weight is 383 g/mol. The number of benzene rings is 3. The predicted molar refractivity (Wildman–Crippen MR) is 113 cm³/mol. The molecule has 1 heterocycles. The maximum Gasteiger partial charge on any atom is 0.238 e. The Morgan fingerprint density at radius 2 is 1.43 bits per heavy atom. The summed E-state index contributed by atoms with van der Waals surface area (Å²) in [5, 5.41) is 10.4. The van der Waals surface area contributed by atoms with Crippen molar-refractivity contribution in [2.45, 2.75) is 0 Å². The van der Waals surface area contributed by atoms with E-state index in [2.05, 4.69) is 11.1 Å². The molecular weight excluding hydrogens is 368 g/mol. The summed E-state index contributed by atoms with van der Waals surface area (Å²) in [6.07, 6.45) is 1.62. The van der Waals surface area contributed by atoms with Crippen molar-refractivity contribution in [3.05, 3.63) is 101 Å². The molecule has 0 aliphatic heterocycles. The second-order valence-corrected chi connectivity index (χ2v) is 6.52. The molecule has 0 radical (unpaired) electrons. The Labute approximate surface area is 168 Å². The molecule has 3 aromatic carbocycles. The van der Waals surface area contributed by atoms with E-state index in [1.54, 1.807) is 12.3 Å². The van der Waals surface area contributed by atoms with Crippen LogP contribution >= 0.6 is 11.6 Å². The van der Waals surface area contributed by atoms with Gasteiger partial charge in [0, 0.05) is 27.9 Å². The van der Waals surface area contributed by atoms with Crippen LogP contribution in [0.1, 0.15) is 11.1 Å². The van der Waals surface area contributed by atoms with Crippen LogP contribution < -0.4 is 0 Å². The van der Waals surface area contributed by atoms with Crippen LogP contribution in [-0.4, -0.2) is 6.21 Å². The third-order valence-corrected chi connectivity index (χ3v) is 4.67. The fourth-order valence-corrected chi connectivity index (χ4v) is 3.18. The standard InChI is InChI=1S/C24H15ClN2O/c25-21-14-8-7-13-19(21)16-27-24-20(15-26)22(17-9-3-1-4-10-17)23(28-24)18-11-5-2-6-12-18/h1-14,16H/b27-16+. The monoisotopic (exact) mass is 382 g/mol. The van der Waals surface area contributed by atoms with Crippen molar-refractivity contribution >= 4 is 23.7 Å². The van der Waals surface area contributed by atoms with Gasteiger partial charge in [-0.25, -0.2) is 4.99 Å². The van der Waals surface area contributed by atoms with Crippen LogP contribution in [0.25, 0.3) is 22.5 Å². The summed E-state index contributed by atoms with van der Waals surface area (Å²) in [6, 6.07) is 29.1. The van der Waals surface area contributed by atoms with Gasteiger partial charge in [-0.05, 0) is 11.6 Å². The summed E-state index contributed by atoms with van der Waals surface area (Å²) in [6.45, 7) is 0. The molecule has 4 rings (SSSR count). The zero-order valence-corrected chi connectivity index (χ0v) is 15.6. The van der Waals surface area contributed by atoms with E-state index in [1.165, 1.54) is 0 Å². The highest BCUT2D eigenvalue weighted by molar-refractivity contribution is 6.33. The molecule has 0 unspecified atom stereocenters. The topological polar surface area (TPSA) is 49.3 Å². The summed E-state index contributed by atoms with van der Waals surface area (Å²) in [5.74, 6) is 0.884. The SMILES string of the molecule is N#Cc1c(/N=C/c2ccccc2Cl)oc(-c2ccccc2)c1-c1ccccc1. The lowest BCUT2D eigenvalue weighted by Crippen LogP contribution is -1.84. The number of hydrogen-bond donors (Lipinski definition) is 0. The van der Waals surface area contributed by atoms with E-state index < -0.39 is 0 Å². The van der Waals surface area contributed by atoms with Gasteiger partial charge >= 0.3 is 0 Å². The van der Waals surface area contributed by atoms with Crippen molar-refractivity contribution in [3.63, 3.8) is 0 Å². The molecule has 28 heavy (non-hydrogen) atoms. The van der Waals surface area contributed by atoms with Crippen LogP contribution in [0.4, 0.5) is 5.88 Å². The van der Waals surface area contributed by atoms with E-state index >= 15 is 0 Å². The second kappa shape index (κ2) is 7.96. The van der Waals surface area contributed by atoms with Crippen LogP contribution in [0.5, 0.6) is 0 Å². The van der Waals surface area contributed by atoms with E-state index in [9.17, 15) is 5.26 Å². The summed E-state index contributed by atoms with van der Waals surface area (Å²) >= 11 is 6.21. The number of nitrogens with zero attached hydrogens (tertiary/aromatic N) is 2. The van der Waals surface area contributed by atoms with Gasteiger partial charge in [0.25, 0.3) is 0 Å². The minimum atomic E-state index is 0.264. The summed E-state index contributed by atoms with van der Waals surface area (Å²) in [5.41, 5.74) is 3.68. The van der Waals surface area contributed by atoms with Crippen LogP contribution in [0.15, 0.2) is 94.3 Å². The number of aliphatic imine (C=N–C) groups is 1. The molecule has 0 spiro atoms. The molecule has 0 atom stereocenters. The van der Waals surface area contributed by atoms with Gasteiger partial charge in [0.05, 0.1) is 0 Å². The molecule has 0 aliphatic carbocycles. The third-order valence-electron chi connectivity index (χ3n) is 4.33. The first-order chi connectivity index (χ1) is 13.8. The maximum absolute atomic E-state index is 9.86. The van der Waals surface area contributed by atoms with Gasteiger partial charge in [-0.15, -0.1) is 0 Å². The van der Waals surface area contributed by atoms with E-state index in [0.717, 1.165) is 22.3 Å². The molecule has 1 aromatic heterocycles. The highest BCUT2D eigenvalue weighted by atomic mass is 35.5. The molecule has 4 aromatic rings. The molecule has 0 N–H and O–H groups in total. The molecule has 4 heteroatoms. The zero-order valence-electron chi connectivity index (χ0n) is 14.8. The van der Waals surface area contributed by atoms with Gasteiger partial charge in [0.2, 0.25) is 5.88 Å². The van der Waals surface area contributed by atoms with E-state index in [0.29, 0.717) is 16.3 Å². The molecule has 0 saturated heterocycles. The maximum atomic E-state index is 9.86. The van der Waals surface area contributed by atoms with Gasteiger partial charge < -0.3 is 4.42 Å². The van der Waals surface area contributed by atoms with Gasteiger partial charge in [-0.2, -0.15) is 5.26 Å². The van der Waals surface area contributed by atoms with Gasteiger partial charge in [-0.1, -0.05) is 90.5 Å². The summed E-state index contributed by atoms with van der Waals surface area (Å²) < 4.78 is 6.08. The lowest BCUT2D eigenvalue weighted by molar-refractivity contribution is 0.593. The largest absolute Gasteiger partial charge is 0.436 e. The van der Waals surface area contributed by atoms with E-state index in [-0.39, 0.29) is 5.88 Å². The Bertz CT molecular complexity index is 1170. The Hall–Kier alpha value is -3.61. The number of rotatable bonds is 4. The van der Waals surface area contributed by atoms with Crippen LogP contribution in [0.3, 0.4) is 0 Å². The van der Waals surface area contributed by atoms with Gasteiger partial charge in [0.1, 0.15) is 17.4 Å². The number of nitriles is 1. The minimum absolute atomic E-state index is 0.264. The number of halogens is 1. The molecule has 134 valence electrons. The predicted octanol–water partition coefficient (Wildman–Crippen LogP) is 6.89. The number of hydrogen-bond acceptors (Lipinski definition) is 3. The first-order valence-corrected chi connectivity index (χ1v) is 9.12. The minimum Gasteiger partial charge on any atom is -0.436 e. The Morgan fingerprint density at radius 3 is 2.07 bits per heavy atom. The Morgan fingerprint density at radius 1 is 0.821 bits per heavy atom. The Balaban J connectivity index is 1.90. The smallest absolute Gasteiger partial charge is 0.238 e. The molecular formula is C24H15ClN2O. The summed E-state index contributed by atoms with van der Waals surface area (Å²) in [4.78, 5) is 4.44.